The van der Waals surface area contributed by atoms with E-state index < -0.39 is 0 Å². The molecular formula is C18H19BrClNO2. The Kier molecular flexibility index (Phi) is 6.48. The Morgan fingerprint density at radius 2 is 1.96 bits per heavy atom. The molecule has 0 saturated carbocycles. The van der Waals surface area contributed by atoms with E-state index in [-0.39, 0.29) is 12.5 Å². The van der Waals surface area contributed by atoms with Crippen LogP contribution in [0.4, 0.5) is 5.69 Å². The molecule has 0 heterocycles. The first-order valence-corrected chi connectivity index (χ1v) is 8.64. The Labute approximate surface area is 150 Å². The number of rotatable bonds is 6. The van der Waals surface area contributed by atoms with Crippen molar-refractivity contribution < 1.29 is 9.53 Å². The highest BCUT2D eigenvalue weighted by atomic mass is 79.9. The Morgan fingerprint density at radius 1 is 1.26 bits per heavy atom. The number of ether oxygens (including phenoxy) is 1. The van der Waals surface area contributed by atoms with Gasteiger partial charge in [-0.15, -0.1) is 0 Å². The van der Waals surface area contributed by atoms with E-state index in [9.17, 15) is 4.79 Å². The Hall–Kier alpha value is -1.52. The topological polar surface area (TPSA) is 38.3 Å². The van der Waals surface area contributed by atoms with Crippen molar-refractivity contribution in [2.45, 2.75) is 26.2 Å². The van der Waals surface area contributed by atoms with E-state index in [0.29, 0.717) is 16.7 Å². The van der Waals surface area contributed by atoms with E-state index in [1.54, 1.807) is 12.1 Å². The van der Waals surface area contributed by atoms with Gasteiger partial charge in [0.25, 0.3) is 5.91 Å². The number of hydrogen-bond acceptors (Lipinski definition) is 2. The number of nitrogens with one attached hydrogen (secondary N) is 1. The van der Waals surface area contributed by atoms with Crippen molar-refractivity contribution in [2.24, 2.45) is 0 Å². The minimum atomic E-state index is -0.222. The molecule has 0 radical (unpaired) electrons. The zero-order chi connectivity index (χ0) is 16.8. The summed E-state index contributed by atoms with van der Waals surface area (Å²) >= 11 is 9.37. The molecule has 0 aliphatic rings. The van der Waals surface area contributed by atoms with Crippen LogP contribution >= 0.6 is 27.5 Å². The number of anilines is 1. The Morgan fingerprint density at radius 3 is 2.57 bits per heavy atom. The summed E-state index contributed by atoms with van der Waals surface area (Å²) in [5, 5.41) is 3.27. The molecule has 1 N–H and O–H groups in total. The first-order chi connectivity index (χ1) is 11.0. The predicted molar refractivity (Wildman–Crippen MR) is 98.4 cm³/mol. The molecule has 0 aliphatic heterocycles. The molecule has 2 rings (SSSR count). The van der Waals surface area contributed by atoms with Gasteiger partial charge in [-0.1, -0.05) is 53.5 Å². The first-order valence-electron chi connectivity index (χ1n) is 7.47. The van der Waals surface area contributed by atoms with Gasteiger partial charge < -0.3 is 10.1 Å². The molecule has 0 bridgehead atoms. The van der Waals surface area contributed by atoms with Gasteiger partial charge >= 0.3 is 0 Å². The van der Waals surface area contributed by atoms with Gasteiger partial charge in [0.05, 0.1) is 5.02 Å². The third-order valence-corrected chi connectivity index (χ3v) is 4.42. The summed E-state index contributed by atoms with van der Waals surface area (Å²) in [6.07, 6.45) is 1.09. The van der Waals surface area contributed by atoms with Crippen molar-refractivity contribution in [2.75, 3.05) is 11.9 Å². The van der Waals surface area contributed by atoms with Crippen molar-refractivity contribution in [3.63, 3.8) is 0 Å². The standard InChI is InChI=1S/C18H19BrClNO2/c1-3-12(2)13-4-7-15(8-5-13)21-18(22)11-23-17-9-6-14(19)10-16(17)20/h4-10,12H,3,11H2,1-2H3,(H,21,22). The van der Waals surface area contributed by atoms with Crippen LogP contribution in [-0.4, -0.2) is 12.5 Å². The molecule has 0 aliphatic carbocycles. The molecular weight excluding hydrogens is 378 g/mol. The van der Waals surface area contributed by atoms with Gasteiger partial charge in [-0.3, -0.25) is 4.79 Å². The lowest BCUT2D eigenvalue weighted by molar-refractivity contribution is -0.118. The summed E-state index contributed by atoms with van der Waals surface area (Å²) in [7, 11) is 0. The number of benzene rings is 2. The maximum absolute atomic E-state index is 12.0. The van der Waals surface area contributed by atoms with Crippen molar-refractivity contribution in [1.82, 2.24) is 0 Å². The zero-order valence-corrected chi connectivity index (χ0v) is 15.4. The summed E-state index contributed by atoms with van der Waals surface area (Å²) in [5.74, 6) is 0.778. The first kappa shape index (κ1) is 17.8. The van der Waals surface area contributed by atoms with Gasteiger partial charge in [0.2, 0.25) is 0 Å². The van der Waals surface area contributed by atoms with Gasteiger partial charge in [-0.25, -0.2) is 0 Å². The average molecular weight is 397 g/mol. The summed E-state index contributed by atoms with van der Waals surface area (Å²) in [6.45, 7) is 4.25. The number of carbonyl (C=O) groups is 1. The smallest absolute Gasteiger partial charge is 0.262 e. The maximum atomic E-state index is 12.0. The van der Waals surface area contributed by atoms with E-state index in [1.807, 2.05) is 30.3 Å². The predicted octanol–water partition coefficient (Wildman–Crippen LogP) is 5.63. The average Bonchev–Trinajstić information content (AvgIpc) is 2.54. The van der Waals surface area contributed by atoms with Gasteiger partial charge in [0.1, 0.15) is 5.75 Å². The van der Waals surface area contributed by atoms with Crippen molar-refractivity contribution in [1.29, 1.82) is 0 Å². The molecule has 1 amide bonds. The lowest BCUT2D eigenvalue weighted by Crippen LogP contribution is -2.20. The van der Waals surface area contributed by atoms with Crippen molar-refractivity contribution in [3.8, 4) is 5.75 Å². The van der Waals surface area contributed by atoms with Crippen molar-refractivity contribution >= 4 is 39.1 Å². The number of amides is 1. The highest BCUT2D eigenvalue weighted by Gasteiger charge is 2.08. The monoisotopic (exact) mass is 395 g/mol. The third-order valence-electron chi connectivity index (χ3n) is 3.63. The van der Waals surface area contributed by atoms with Crippen LogP contribution in [0.3, 0.4) is 0 Å². The van der Waals surface area contributed by atoms with E-state index in [0.717, 1.165) is 16.6 Å². The van der Waals surface area contributed by atoms with Crippen LogP contribution in [0.5, 0.6) is 5.75 Å². The van der Waals surface area contributed by atoms with Gasteiger partial charge in [-0.2, -0.15) is 0 Å². The Bertz CT molecular complexity index is 673. The molecule has 2 aromatic rings. The molecule has 122 valence electrons. The molecule has 23 heavy (non-hydrogen) atoms. The molecule has 0 aromatic heterocycles. The van der Waals surface area contributed by atoms with E-state index in [1.165, 1.54) is 5.56 Å². The molecule has 3 nitrogen and oxygen atoms in total. The zero-order valence-electron chi connectivity index (χ0n) is 13.1. The Balaban J connectivity index is 1.89. The van der Waals surface area contributed by atoms with Crippen LogP contribution in [0.25, 0.3) is 0 Å². The fraction of sp³-hybridized carbons (Fsp3) is 0.278. The fourth-order valence-electron chi connectivity index (χ4n) is 2.06. The van der Waals surface area contributed by atoms with E-state index in [4.69, 9.17) is 16.3 Å². The summed E-state index contributed by atoms with van der Waals surface area (Å²) in [4.78, 5) is 12.0. The largest absolute Gasteiger partial charge is 0.482 e. The van der Waals surface area contributed by atoms with Crippen LogP contribution in [0.1, 0.15) is 31.7 Å². The fourth-order valence-corrected chi connectivity index (χ4v) is 2.79. The van der Waals surface area contributed by atoms with Crippen LogP contribution in [-0.2, 0) is 4.79 Å². The van der Waals surface area contributed by atoms with Crippen LogP contribution < -0.4 is 10.1 Å². The van der Waals surface area contributed by atoms with Gasteiger partial charge in [-0.05, 0) is 48.2 Å². The van der Waals surface area contributed by atoms with E-state index in [2.05, 4.69) is 35.1 Å². The molecule has 0 fully saturated rings. The third kappa shape index (κ3) is 5.26. The number of halogens is 2. The maximum Gasteiger partial charge on any atom is 0.262 e. The minimum Gasteiger partial charge on any atom is -0.482 e. The lowest BCUT2D eigenvalue weighted by Gasteiger charge is -2.11. The number of hydrogen-bond donors (Lipinski definition) is 1. The molecule has 2 aromatic carbocycles. The van der Waals surface area contributed by atoms with Crippen LogP contribution in [0.15, 0.2) is 46.9 Å². The second-order valence-corrected chi connectivity index (χ2v) is 6.67. The van der Waals surface area contributed by atoms with Gasteiger partial charge in [0, 0.05) is 10.2 Å². The molecule has 1 atom stereocenters. The summed E-state index contributed by atoms with van der Waals surface area (Å²) in [6, 6.07) is 13.2. The minimum absolute atomic E-state index is 0.0888. The van der Waals surface area contributed by atoms with E-state index >= 15 is 0 Å². The quantitative estimate of drug-likeness (QED) is 0.687. The highest BCUT2D eigenvalue weighted by molar-refractivity contribution is 9.10. The summed E-state index contributed by atoms with van der Waals surface area (Å²) in [5.41, 5.74) is 2.02. The molecule has 0 saturated heterocycles. The lowest BCUT2D eigenvalue weighted by atomic mass is 9.99. The SMILES string of the molecule is CCC(C)c1ccc(NC(=O)COc2ccc(Br)cc2Cl)cc1. The number of carbonyl (C=O) groups excluding carboxylic acids is 1. The normalized spacial score (nSPS) is 11.8. The van der Waals surface area contributed by atoms with Crippen LogP contribution in [0, 0.1) is 0 Å². The van der Waals surface area contributed by atoms with Crippen LogP contribution in [0.2, 0.25) is 5.02 Å². The molecule has 0 spiro atoms. The summed E-state index contributed by atoms with van der Waals surface area (Å²) < 4.78 is 6.30. The second kappa shape index (κ2) is 8.37. The second-order valence-electron chi connectivity index (χ2n) is 5.34. The molecule has 5 heteroatoms. The van der Waals surface area contributed by atoms with Gasteiger partial charge in [0.15, 0.2) is 6.61 Å². The highest BCUT2D eigenvalue weighted by Crippen LogP contribution is 2.27. The molecule has 1 unspecified atom stereocenters. The van der Waals surface area contributed by atoms with Crippen molar-refractivity contribution in [3.05, 3.63) is 57.5 Å².